The number of rotatable bonds is 6. The van der Waals surface area contributed by atoms with Crippen LogP contribution in [0, 0.1) is 0 Å². The summed E-state index contributed by atoms with van der Waals surface area (Å²) in [6.07, 6.45) is 2.24. The highest BCUT2D eigenvalue weighted by Crippen LogP contribution is 2.27. The Labute approximate surface area is 160 Å². The smallest absolute Gasteiger partial charge is 0.226 e. The molecule has 0 aliphatic carbocycles. The molecule has 144 valence electrons. The van der Waals surface area contributed by atoms with E-state index in [2.05, 4.69) is 5.32 Å². The first kappa shape index (κ1) is 18.9. The minimum absolute atomic E-state index is 0.168. The first-order valence-electron chi connectivity index (χ1n) is 9.19. The molecule has 3 rings (SSSR count). The number of nitrogen functional groups attached to an aromatic ring is 1. The minimum Gasteiger partial charge on any atom is -0.497 e. The van der Waals surface area contributed by atoms with E-state index < -0.39 is 0 Å². The average molecular weight is 369 g/mol. The molecule has 0 radical (unpaired) electrons. The molecule has 0 aromatic heterocycles. The number of amides is 1. The zero-order chi connectivity index (χ0) is 19.2. The van der Waals surface area contributed by atoms with Gasteiger partial charge in [0.15, 0.2) is 0 Å². The second-order valence-corrected chi connectivity index (χ2v) is 6.82. The lowest BCUT2D eigenvalue weighted by Gasteiger charge is -2.33. The van der Waals surface area contributed by atoms with E-state index in [1.54, 1.807) is 14.2 Å². The zero-order valence-corrected chi connectivity index (χ0v) is 15.9. The van der Waals surface area contributed by atoms with Crippen LogP contribution in [0.25, 0.3) is 0 Å². The first-order chi connectivity index (χ1) is 13.1. The highest BCUT2D eigenvalue weighted by molar-refractivity contribution is 5.79. The Morgan fingerprint density at radius 1 is 1.07 bits per heavy atom. The van der Waals surface area contributed by atoms with E-state index in [1.807, 2.05) is 47.4 Å². The number of carbonyl (C=O) groups is 1. The third-order valence-corrected chi connectivity index (χ3v) is 4.90. The molecule has 1 fully saturated rings. The van der Waals surface area contributed by atoms with Gasteiger partial charge in [-0.15, -0.1) is 0 Å². The number of likely N-dealkylation sites (tertiary alicyclic amines) is 1. The summed E-state index contributed by atoms with van der Waals surface area (Å²) in [5, 5.41) is 3.53. The number of methoxy groups -OCH3 is 2. The molecule has 0 atom stereocenters. The highest BCUT2D eigenvalue weighted by atomic mass is 16.5. The first-order valence-corrected chi connectivity index (χ1v) is 9.19. The van der Waals surface area contributed by atoms with Crippen LogP contribution in [0.1, 0.15) is 18.4 Å². The number of nitrogens with two attached hydrogens (primary N) is 1. The van der Waals surface area contributed by atoms with Crippen LogP contribution >= 0.6 is 0 Å². The van der Waals surface area contributed by atoms with E-state index in [0.717, 1.165) is 48.7 Å². The molecule has 27 heavy (non-hydrogen) atoms. The molecule has 2 aromatic carbocycles. The van der Waals surface area contributed by atoms with Crippen molar-refractivity contribution in [1.82, 2.24) is 4.90 Å². The van der Waals surface area contributed by atoms with E-state index in [-0.39, 0.29) is 5.91 Å². The maximum absolute atomic E-state index is 12.5. The van der Waals surface area contributed by atoms with E-state index in [0.29, 0.717) is 18.2 Å². The molecule has 3 N–H and O–H groups in total. The molecule has 0 bridgehead atoms. The Morgan fingerprint density at radius 2 is 1.67 bits per heavy atom. The fraction of sp³-hybridized carbons (Fsp3) is 0.381. The summed E-state index contributed by atoms with van der Waals surface area (Å²) in [5.41, 5.74) is 8.38. The van der Waals surface area contributed by atoms with E-state index >= 15 is 0 Å². The molecule has 1 saturated heterocycles. The average Bonchev–Trinajstić information content (AvgIpc) is 2.70. The molecular weight excluding hydrogens is 342 g/mol. The van der Waals surface area contributed by atoms with E-state index in [9.17, 15) is 4.79 Å². The van der Waals surface area contributed by atoms with Crippen LogP contribution in [0.5, 0.6) is 11.5 Å². The second kappa shape index (κ2) is 8.66. The SMILES string of the molecule is COc1cc(NC2CCN(C(=O)Cc3ccc(N)cc3)CC2)cc(OC)c1. The number of benzene rings is 2. The van der Waals surface area contributed by atoms with Gasteiger partial charge in [-0.3, -0.25) is 4.79 Å². The van der Waals surface area contributed by atoms with Gasteiger partial charge in [-0.25, -0.2) is 0 Å². The summed E-state index contributed by atoms with van der Waals surface area (Å²) in [7, 11) is 3.29. The minimum atomic E-state index is 0.168. The van der Waals surface area contributed by atoms with Crippen molar-refractivity contribution in [3.8, 4) is 11.5 Å². The number of nitrogens with zero attached hydrogens (tertiary/aromatic N) is 1. The maximum Gasteiger partial charge on any atom is 0.226 e. The lowest BCUT2D eigenvalue weighted by Crippen LogP contribution is -2.43. The van der Waals surface area contributed by atoms with Crippen LogP contribution in [0.3, 0.4) is 0 Å². The van der Waals surface area contributed by atoms with Crippen molar-refractivity contribution < 1.29 is 14.3 Å². The maximum atomic E-state index is 12.5. The largest absolute Gasteiger partial charge is 0.497 e. The molecule has 0 saturated carbocycles. The van der Waals surface area contributed by atoms with Crippen molar-refractivity contribution in [2.75, 3.05) is 38.4 Å². The monoisotopic (exact) mass is 369 g/mol. The van der Waals surface area contributed by atoms with Gasteiger partial charge in [-0.1, -0.05) is 12.1 Å². The van der Waals surface area contributed by atoms with Gasteiger partial charge in [0.25, 0.3) is 0 Å². The molecule has 1 aliphatic heterocycles. The number of hydrogen-bond donors (Lipinski definition) is 2. The normalized spacial score (nSPS) is 14.7. The van der Waals surface area contributed by atoms with Crippen molar-refractivity contribution in [3.05, 3.63) is 48.0 Å². The Kier molecular flexibility index (Phi) is 6.06. The third kappa shape index (κ3) is 5.06. The van der Waals surface area contributed by atoms with Gasteiger partial charge in [0.2, 0.25) is 5.91 Å². The Balaban J connectivity index is 1.52. The highest BCUT2D eigenvalue weighted by Gasteiger charge is 2.23. The van der Waals surface area contributed by atoms with Crippen LogP contribution in [0.4, 0.5) is 11.4 Å². The van der Waals surface area contributed by atoms with Gasteiger partial charge < -0.3 is 25.4 Å². The third-order valence-electron chi connectivity index (χ3n) is 4.90. The van der Waals surface area contributed by atoms with Gasteiger partial charge in [-0.05, 0) is 30.5 Å². The molecule has 1 aliphatic rings. The quantitative estimate of drug-likeness (QED) is 0.766. The summed E-state index contributed by atoms with van der Waals surface area (Å²) in [6.45, 7) is 1.51. The fourth-order valence-corrected chi connectivity index (χ4v) is 3.32. The van der Waals surface area contributed by atoms with Gasteiger partial charge in [0, 0.05) is 48.7 Å². The van der Waals surface area contributed by atoms with Crippen LogP contribution < -0.4 is 20.5 Å². The summed E-state index contributed by atoms with van der Waals surface area (Å²) in [4.78, 5) is 14.5. The summed E-state index contributed by atoms with van der Waals surface area (Å²) in [5.74, 6) is 1.68. The predicted molar refractivity (Wildman–Crippen MR) is 107 cm³/mol. The zero-order valence-electron chi connectivity index (χ0n) is 15.9. The number of nitrogens with one attached hydrogen (secondary N) is 1. The fourth-order valence-electron chi connectivity index (χ4n) is 3.32. The van der Waals surface area contributed by atoms with Crippen LogP contribution in [0.15, 0.2) is 42.5 Å². The van der Waals surface area contributed by atoms with Crippen molar-refractivity contribution in [2.24, 2.45) is 0 Å². The molecule has 2 aromatic rings. The number of piperidine rings is 1. The van der Waals surface area contributed by atoms with E-state index in [4.69, 9.17) is 15.2 Å². The van der Waals surface area contributed by atoms with Gasteiger partial charge in [-0.2, -0.15) is 0 Å². The molecule has 0 spiro atoms. The molecule has 1 amide bonds. The summed E-state index contributed by atoms with van der Waals surface area (Å²) >= 11 is 0. The van der Waals surface area contributed by atoms with Crippen LogP contribution in [-0.4, -0.2) is 44.2 Å². The number of carbonyl (C=O) groups excluding carboxylic acids is 1. The molecule has 6 heteroatoms. The molecular formula is C21H27N3O3. The molecule has 0 unspecified atom stereocenters. The van der Waals surface area contributed by atoms with Gasteiger partial charge in [0.1, 0.15) is 11.5 Å². The predicted octanol–water partition coefficient (Wildman–Crippen LogP) is 2.93. The van der Waals surface area contributed by atoms with Gasteiger partial charge >= 0.3 is 0 Å². The van der Waals surface area contributed by atoms with Crippen LogP contribution in [0.2, 0.25) is 0 Å². The van der Waals surface area contributed by atoms with Crippen LogP contribution in [-0.2, 0) is 11.2 Å². The number of anilines is 2. The lowest BCUT2D eigenvalue weighted by atomic mass is 10.0. The molecule has 6 nitrogen and oxygen atoms in total. The number of hydrogen-bond acceptors (Lipinski definition) is 5. The second-order valence-electron chi connectivity index (χ2n) is 6.82. The van der Waals surface area contributed by atoms with Gasteiger partial charge in [0.05, 0.1) is 20.6 Å². The van der Waals surface area contributed by atoms with Crippen molar-refractivity contribution >= 4 is 17.3 Å². The lowest BCUT2D eigenvalue weighted by molar-refractivity contribution is -0.131. The standard InChI is InChI=1S/C21H27N3O3/c1-26-19-12-18(13-20(14-19)27-2)23-17-7-9-24(10-8-17)21(25)11-15-3-5-16(22)6-4-15/h3-6,12-14,17,23H,7-11,22H2,1-2H3. The Hall–Kier alpha value is -2.89. The Morgan fingerprint density at radius 3 is 2.22 bits per heavy atom. The Bertz CT molecular complexity index is 746. The van der Waals surface area contributed by atoms with Crippen molar-refractivity contribution in [1.29, 1.82) is 0 Å². The molecule has 1 heterocycles. The summed E-state index contributed by atoms with van der Waals surface area (Å²) < 4.78 is 10.6. The topological polar surface area (TPSA) is 76.8 Å². The van der Waals surface area contributed by atoms with Crippen molar-refractivity contribution in [2.45, 2.75) is 25.3 Å². The van der Waals surface area contributed by atoms with E-state index in [1.165, 1.54) is 0 Å². The van der Waals surface area contributed by atoms with Crippen molar-refractivity contribution in [3.63, 3.8) is 0 Å². The summed E-state index contributed by atoms with van der Waals surface area (Å²) in [6, 6.07) is 13.6. The number of ether oxygens (including phenoxy) is 2.